The summed E-state index contributed by atoms with van der Waals surface area (Å²) in [5.41, 5.74) is 1.32. The Labute approximate surface area is 137 Å². The zero-order chi connectivity index (χ0) is 17.3. The van der Waals surface area contributed by atoms with Gasteiger partial charge in [-0.05, 0) is 12.8 Å². The fourth-order valence-electron chi connectivity index (χ4n) is 2.89. The maximum Gasteiger partial charge on any atom is 0.391 e. The van der Waals surface area contributed by atoms with E-state index < -0.39 is 12.1 Å². The van der Waals surface area contributed by atoms with Crippen molar-refractivity contribution in [2.75, 3.05) is 18.0 Å². The highest BCUT2D eigenvalue weighted by Crippen LogP contribution is 2.35. The lowest BCUT2D eigenvalue weighted by molar-refractivity contribution is -0.179. The van der Waals surface area contributed by atoms with E-state index in [9.17, 15) is 18.0 Å². The van der Waals surface area contributed by atoms with Crippen LogP contribution in [0, 0.1) is 5.92 Å². The van der Waals surface area contributed by atoms with E-state index in [1.165, 1.54) is 0 Å². The van der Waals surface area contributed by atoms with Crippen molar-refractivity contribution in [3.63, 3.8) is 0 Å². The SMILES string of the molecule is Cn1nc(-c2ccc(C=O)cc2)nc1N1CCC(C(F)(F)F)CC1. The molecule has 0 amide bonds. The van der Waals surface area contributed by atoms with E-state index in [2.05, 4.69) is 10.1 Å². The van der Waals surface area contributed by atoms with Gasteiger partial charge < -0.3 is 4.90 Å². The average Bonchev–Trinajstić information content (AvgIpc) is 2.96. The summed E-state index contributed by atoms with van der Waals surface area (Å²) < 4.78 is 39.9. The zero-order valence-corrected chi connectivity index (χ0v) is 13.1. The Kier molecular flexibility index (Phi) is 4.29. The van der Waals surface area contributed by atoms with E-state index >= 15 is 0 Å². The molecule has 0 atom stereocenters. The van der Waals surface area contributed by atoms with E-state index in [-0.39, 0.29) is 12.8 Å². The molecule has 2 aromatic rings. The number of benzene rings is 1. The summed E-state index contributed by atoms with van der Waals surface area (Å²) in [6.07, 6.45) is -3.23. The number of carbonyl (C=O) groups is 1. The molecule has 0 aliphatic carbocycles. The van der Waals surface area contributed by atoms with E-state index in [4.69, 9.17) is 0 Å². The third kappa shape index (κ3) is 3.27. The molecule has 0 unspecified atom stereocenters. The Balaban J connectivity index is 1.76. The van der Waals surface area contributed by atoms with Crippen molar-refractivity contribution in [2.24, 2.45) is 13.0 Å². The highest BCUT2D eigenvalue weighted by Gasteiger charge is 2.41. The fraction of sp³-hybridized carbons (Fsp3) is 0.438. The highest BCUT2D eigenvalue weighted by atomic mass is 19.4. The van der Waals surface area contributed by atoms with Crippen molar-refractivity contribution < 1.29 is 18.0 Å². The van der Waals surface area contributed by atoms with Crippen LogP contribution in [0.1, 0.15) is 23.2 Å². The summed E-state index contributed by atoms with van der Waals surface area (Å²) in [6, 6.07) is 6.85. The number of aromatic nitrogens is 3. The van der Waals surface area contributed by atoms with Crippen molar-refractivity contribution >= 4 is 12.2 Å². The first kappa shape index (κ1) is 16.5. The Bertz CT molecular complexity index is 716. The van der Waals surface area contributed by atoms with E-state index in [0.717, 1.165) is 11.8 Å². The molecule has 0 radical (unpaired) electrons. The molecule has 0 spiro atoms. The van der Waals surface area contributed by atoms with Crippen molar-refractivity contribution in [2.45, 2.75) is 19.0 Å². The predicted octanol–water partition coefficient (Wildman–Crippen LogP) is 3.07. The Morgan fingerprint density at radius 3 is 2.33 bits per heavy atom. The second-order valence-corrected chi connectivity index (χ2v) is 5.90. The first-order chi connectivity index (χ1) is 11.4. The van der Waals surface area contributed by atoms with Crippen molar-refractivity contribution in [1.82, 2.24) is 14.8 Å². The van der Waals surface area contributed by atoms with Gasteiger partial charge in [-0.25, -0.2) is 4.68 Å². The van der Waals surface area contributed by atoms with Crippen molar-refractivity contribution in [1.29, 1.82) is 0 Å². The minimum Gasteiger partial charge on any atom is -0.341 e. The predicted molar refractivity (Wildman–Crippen MR) is 82.8 cm³/mol. The number of piperidine rings is 1. The van der Waals surface area contributed by atoms with Crippen LogP contribution in [0.3, 0.4) is 0 Å². The van der Waals surface area contributed by atoms with Crippen LogP contribution in [-0.2, 0) is 7.05 Å². The van der Waals surface area contributed by atoms with Gasteiger partial charge in [0, 0.05) is 31.3 Å². The first-order valence-electron chi connectivity index (χ1n) is 7.67. The molecule has 0 N–H and O–H groups in total. The molecule has 1 aromatic carbocycles. The summed E-state index contributed by atoms with van der Waals surface area (Å²) >= 11 is 0. The second-order valence-electron chi connectivity index (χ2n) is 5.90. The van der Waals surface area contributed by atoms with Crippen LogP contribution in [0.5, 0.6) is 0 Å². The van der Waals surface area contributed by atoms with Crippen LogP contribution in [0.4, 0.5) is 19.1 Å². The largest absolute Gasteiger partial charge is 0.391 e. The van der Waals surface area contributed by atoms with Gasteiger partial charge in [0.05, 0.1) is 5.92 Å². The Morgan fingerprint density at radius 2 is 1.79 bits per heavy atom. The van der Waals surface area contributed by atoms with Crippen molar-refractivity contribution in [3.05, 3.63) is 29.8 Å². The number of aldehydes is 1. The van der Waals surface area contributed by atoms with E-state index in [1.807, 2.05) is 4.90 Å². The van der Waals surface area contributed by atoms with Crippen LogP contribution in [0.2, 0.25) is 0 Å². The van der Waals surface area contributed by atoms with Gasteiger partial charge in [0.1, 0.15) is 6.29 Å². The van der Waals surface area contributed by atoms with E-state index in [0.29, 0.717) is 30.4 Å². The standard InChI is InChI=1S/C16H17F3N4O/c1-22-15(23-8-6-13(7-9-23)16(17,18)19)20-14(21-22)12-4-2-11(10-24)3-5-12/h2-5,10,13H,6-9H2,1H3. The molecule has 8 heteroatoms. The topological polar surface area (TPSA) is 51.0 Å². The second kappa shape index (κ2) is 6.26. The van der Waals surface area contributed by atoms with Gasteiger partial charge in [-0.1, -0.05) is 24.3 Å². The molecule has 3 rings (SSSR count). The van der Waals surface area contributed by atoms with Crippen LogP contribution in [0.25, 0.3) is 11.4 Å². The summed E-state index contributed by atoms with van der Waals surface area (Å²) in [4.78, 5) is 17.0. The highest BCUT2D eigenvalue weighted by molar-refractivity contribution is 5.76. The van der Waals surface area contributed by atoms with Gasteiger partial charge in [0.25, 0.3) is 0 Å². The van der Waals surface area contributed by atoms with Gasteiger partial charge in [0.15, 0.2) is 5.82 Å². The number of aryl methyl sites for hydroxylation is 1. The molecule has 1 fully saturated rings. The molecule has 128 valence electrons. The Hall–Kier alpha value is -2.38. The number of halogens is 3. The van der Waals surface area contributed by atoms with Gasteiger partial charge in [-0.2, -0.15) is 18.2 Å². The van der Waals surface area contributed by atoms with Crippen LogP contribution >= 0.6 is 0 Å². The summed E-state index contributed by atoms with van der Waals surface area (Å²) in [7, 11) is 1.72. The zero-order valence-electron chi connectivity index (χ0n) is 13.1. The molecular formula is C16H17F3N4O. The third-order valence-electron chi connectivity index (χ3n) is 4.29. The summed E-state index contributed by atoms with van der Waals surface area (Å²) in [5.74, 6) is -0.190. The molecule has 1 aliphatic rings. The van der Waals surface area contributed by atoms with E-state index in [1.54, 1.807) is 36.0 Å². The average molecular weight is 338 g/mol. The maximum atomic E-state index is 12.8. The minimum absolute atomic E-state index is 0.0692. The van der Waals surface area contributed by atoms with Crippen LogP contribution in [-0.4, -0.2) is 40.3 Å². The maximum absolute atomic E-state index is 12.8. The summed E-state index contributed by atoms with van der Waals surface area (Å²) in [6.45, 7) is 0.612. The number of hydrogen-bond acceptors (Lipinski definition) is 4. The monoisotopic (exact) mass is 338 g/mol. The van der Waals surface area contributed by atoms with Crippen molar-refractivity contribution in [3.8, 4) is 11.4 Å². The molecule has 1 aliphatic heterocycles. The van der Waals surface area contributed by atoms with Gasteiger partial charge in [-0.3, -0.25) is 4.79 Å². The third-order valence-corrected chi connectivity index (χ3v) is 4.29. The summed E-state index contributed by atoms with van der Waals surface area (Å²) in [5, 5.41) is 4.33. The molecular weight excluding hydrogens is 321 g/mol. The molecule has 1 aromatic heterocycles. The number of rotatable bonds is 3. The fourth-order valence-corrected chi connectivity index (χ4v) is 2.89. The van der Waals surface area contributed by atoms with Gasteiger partial charge in [-0.15, -0.1) is 5.10 Å². The lowest BCUT2D eigenvalue weighted by Crippen LogP contribution is -2.40. The quantitative estimate of drug-likeness (QED) is 0.807. The molecule has 0 bridgehead atoms. The Morgan fingerprint density at radius 1 is 1.17 bits per heavy atom. The van der Waals surface area contributed by atoms with Gasteiger partial charge >= 0.3 is 6.18 Å². The number of carbonyl (C=O) groups excluding carboxylic acids is 1. The number of hydrogen-bond donors (Lipinski definition) is 0. The lowest BCUT2D eigenvalue weighted by Gasteiger charge is -2.33. The number of anilines is 1. The lowest BCUT2D eigenvalue weighted by atomic mass is 9.96. The number of alkyl halides is 3. The minimum atomic E-state index is -4.13. The normalized spacial score (nSPS) is 16.4. The molecule has 0 saturated carbocycles. The molecule has 24 heavy (non-hydrogen) atoms. The number of nitrogens with zero attached hydrogens (tertiary/aromatic N) is 4. The molecule has 5 nitrogen and oxygen atoms in total. The molecule has 2 heterocycles. The molecule has 1 saturated heterocycles. The van der Waals surface area contributed by atoms with Gasteiger partial charge in [0.2, 0.25) is 5.95 Å². The van der Waals surface area contributed by atoms with Crippen LogP contribution < -0.4 is 4.90 Å². The van der Waals surface area contributed by atoms with Crippen LogP contribution in [0.15, 0.2) is 24.3 Å². The first-order valence-corrected chi connectivity index (χ1v) is 7.67. The smallest absolute Gasteiger partial charge is 0.341 e.